The molecule has 0 saturated carbocycles. The van der Waals surface area contributed by atoms with Crippen LogP contribution in [-0.4, -0.2) is 15.7 Å². The average molecular weight is 311 g/mol. The highest BCUT2D eigenvalue weighted by atomic mass is 35.5. The highest BCUT2D eigenvalue weighted by Crippen LogP contribution is 2.25. The van der Waals surface area contributed by atoms with Gasteiger partial charge in [0.15, 0.2) is 5.78 Å². The van der Waals surface area contributed by atoms with Crippen molar-refractivity contribution in [2.24, 2.45) is 0 Å². The van der Waals surface area contributed by atoms with Crippen molar-refractivity contribution in [3.8, 4) is 0 Å². The molecule has 0 fully saturated rings. The van der Waals surface area contributed by atoms with E-state index >= 15 is 0 Å². The molecular weight excluding hydrogens is 303 g/mol. The number of hydrogen-bond acceptors (Lipinski definition) is 4. The van der Waals surface area contributed by atoms with Crippen molar-refractivity contribution < 1.29 is 9.72 Å². The van der Waals surface area contributed by atoms with Gasteiger partial charge < -0.3 is 0 Å². The van der Waals surface area contributed by atoms with Gasteiger partial charge in [0.05, 0.1) is 15.5 Å². The molecule has 0 radical (unpaired) electrons. The second-order valence-corrected chi connectivity index (χ2v) is 4.83. The predicted octanol–water partition coefficient (Wildman–Crippen LogP) is 3.72. The molecule has 0 N–H and O–H groups in total. The molecule has 0 atom stereocenters. The van der Waals surface area contributed by atoms with Crippen LogP contribution < -0.4 is 0 Å². The fourth-order valence-corrected chi connectivity index (χ4v) is 2.06. The average Bonchev–Trinajstić information content (AvgIpc) is 2.41. The lowest BCUT2D eigenvalue weighted by molar-refractivity contribution is -0.385. The molecule has 7 heteroatoms. The monoisotopic (exact) mass is 310 g/mol. The maximum atomic E-state index is 12.2. The van der Waals surface area contributed by atoms with Gasteiger partial charge in [0.2, 0.25) is 0 Å². The minimum absolute atomic E-state index is 0.00674. The molecule has 0 spiro atoms. The Bertz CT molecular complexity index is 689. The first-order valence-corrected chi connectivity index (χ1v) is 6.30. The van der Waals surface area contributed by atoms with Crippen LogP contribution in [0, 0.1) is 10.1 Å². The highest BCUT2D eigenvalue weighted by molar-refractivity contribution is 6.31. The van der Waals surface area contributed by atoms with Gasteiger partial charge in [0.1, 0.15) is 0 Å². The molecule has 1 heterocycles. The Morgan fingerprint density at radius 2 is 2.05 bits per heavy atom. The fraction of sp³-hybridized carbons (Fsp3) is 0.0769. The molecule has 5 nitrogen and oxygen atoms in total. The van der Waals surface area contributed by atoms with Crippen LogP contribution in [0.25, 0.3) is 0 Å². The van der Waals surface area contributed by atoms with Gasteiger partial charge in [0.25, 0.3) is 5.69 Å². The zero-order chi connectivity index (χ0) is 14.7. The molecule has 0 aliphatic carbocycles. The zero-order valence-electron chi connectivity index (χ0n) is 10.0. The number of carbonyl (C=O) groups excluding carboxylic acids is 1. The molecule has 102 valence electrons. The van der Waals surface area contributed by atoms with Gasteiger partial charge in [-0.2, -0.15) is 0 Å². The lowest BCUT2D eigenvalue weighted by Gasteiger charge is -2.04. The molecule has 0 unspecified atom stereocenters. The number of ketones is 1. The van der Waals surface area contributed by atoms with Crippen molar-refractivity contribution in [3.05, 3.63) is 67.9 Å². The summed E-state index contributed by atoms with van der Waals surface area (Å²) in [6, 6.07) is 5.54. The minimum atomic E-state index is -0.632. The standard InChI is InChI=1S/C13H8Cl2N2O3/c14-9-1-2-10(12(6-9)17(19)20)13(18)5-8-3-4-16-7-11(8)15/h1-4,6-7H,5H2. The third kappa shape index (κ3) is 3.12. The SMILES string of the molecule is O=C(Cc1ccncc1Cl)c1ccc(Cl)cc1[N+](=O)[O-]. The Morgan fingerprint density at radius 1 is 1.30 bits per heavy atom. The van der Waals surface area contributed by atoms with E-state index in [4.69, 9.17) is 23.2 Å². The van der Waals surface area contributed by atoms with Crippen LogP contribution in [0.4, 0.5) is 5.69 Å². The van der Waals surface area contributed by atoms with Crippen LogP contribution in [-0.2, 0) is 6.42 Å². The molecule has 0 saturated heterocycles. The minimum Gasteiger partial charge on any atom is -0.294 e. The molecule has 1 aromatic carbocycles. The number of carbonyl (C=O) groups is 1. The normalized spacial score (nSPS) is 10.3. The Hall–Kier alpha value is -1.98. The van der Waals surface area contributed by atoms with Gasteiger partial charge in [-0.25, -0.2) is 0 Å². The smallest absolute Gasteiger partial charge is 0.281 e. The number of benzene rings is 1. The molecule has 0 amide bonds. The summed E-state index contributed by atoms with van der Waals surface area (Å²) in [6.45, 7) is 0. The van der Waals surface area contributed by atoms with Gasteiger partial charge >= 0.3 is 0 Å². The van der Waals surface area contributed by atoms with Crippen LogP contribution in [0.5, 0.6) is 0 Å². The van der Waals surface area contributed by atoms with Crippen LogP contribution in [0.1, 0.15) is 15.9 Å². The van der Waals surface area contributed by atoms with Crippen molar-refractivity contribution in [2.75, 3.05) is 0 Å². The fourth-order valence-electron chi connectivity index (χ4n) is 1.71. The highest BCUT2D eigenvalue weighted by Gasteiger charge is 2.21. The van der Waals surface area contributed by atoms with Crippen molar-refractivity contribution in [1.29, 1.82) is 0 Å². The van der Waals surface area contributed by atoms with E-state index in [0.29, 0.717) is 10.6 Å². The first-order valence-electron chi connectivity index (χ1n) is 5.54. The molecule has 2 aromatic rings. The van der Waals surface area contributed by atoms with E-state index in [1.165, 1.54) is 24.5 Å². The number of Topliss-reactive ketones (excluding diaryl/α,β-unsaturated/α-hetero) is 1. The third-order valence-electron chi connectivity index (χ3n) is 2.66. The van der Waals surface area contributed by atoms with E-state index in [-0.39, 0.29) is 22.7 Å². The number of nitrogens with zero attached hydrogens (tertiary/aromatic N) is 2. The van der Waals surface area contributed by atoms with E-state index in [1.54, 1.807) is 6.07 Å². The quantitative estimate of drug-likeness (QED) is 0.490. The third-order valence-corrected chi connectivity index (χ3v) is 3.24. The molecule has 0 aliphatic rings. The second kappa shape index (κ2) is 5.98. The zero-order valence-corrected chi connectivity index (χ0v) is 11.6. The van der Waals surface area contributed by atoms with Gasteiger partial charge in [-0.1, -0.05) is 23.2 Å². The Balaban J connectivity index is 2.35. The predicted molar refractivity (Wildman–Crippen MR) is 75.4 cm³/mol. The Labute approximate surface area is 124 Å². The van der Waals surface area contributed by atoms with Crippen LogP contribution in [0.3, 0.4) is 0 Å². The number of aromatic nitrogens is 1. The van der Waals surface area contributed by atoms with Crippen LogP contribution >= 0.6 is 23.2 Å². The van der Waals surface area contributed by atoms with E-state index in [2.05, 4.69) is 4.98 Å². The molecule has 0 aliphatic heterocycles. The molecule has 20 heavy (non-hydrogen) atoms. The van der Waals surface area contributed by atoms with Crippen LogP contribution in [0.2, 0.25) is 10.0 Å². The molecule has 0 bridgehead atoms. The van der Waals surface area contributed by atoms with Crippen molar-refractivity contribution in [3.63, 3.8) is 0 Å². The number of nitro groups is 1. The Kier molecular flexibility index (Phi) is 4.32. The summed E-state index contributed by atoms with van der Waals surface area (Å²) in [5.41, 5.74) is 0.260. The lowest BCUT2D eigenvalue weighted by Crippen LogP contribution is -2.07. The summed E-state index contributed by atoms with van der Waals surface area (Å²) in [7, 11) is 0. The van der Waals surface area contributed by atoms with Gasteiger partial charge in [-0.15, -0.1) is 0 Å². The summed E-state index contributed by atoms with van der Waals surface area (Å²) in [4.78, 5) is 26.3. The van der Waals surface area contributed by atoms with Crippen LogP contribution in [0.15, 0.2) is 36.7 Å². The van der Waals surface area contributed by atoms with E-state index in [9.17, 15) is 14.9 Å². The lowest BCUT2D eigenvalue weighted by atomic mass is 10.0. The maximum absolute atomic E-state index is 12.2. The van der Waals surface area contributed by atoms with E-state index in [1.807, 2.05) is 0 Å². The first kappa shape index (κ1) is 14.4. The summed E-state index contributed by atoms with van der Waals surface area (Å²) < 4.78 is 0. The van der Waals surface area contributed by atoms with E-state index in [0.717, 1.165) is 6.07 Å². The summed E-state index contributed by atoms with van der Waals surface area (Å²) in [5, 5.41) is 11.5. The number of halogens is 2. The number of nitro benzene ring substituents is 1. The maximum Gasteiger partial charge on any atom is 0.281 e. The summed E-state index contributed by atoms with van der Waals surface area (Å²) >= 11 is 11.6. The van der Waals surface area contributed by atoms with Crippen molar-refractivity contribution in [1.82, 2.24) is 4.98 Å². The summed E-state index contributed by atoms with van der Waals surface area (Å²) in [5.74, 6) is -0.401. The van der Waals surface area contributed by atoms with Gasteiger partial charge in [-0.05, 0) is 23.8 Å². The Morgan fingerprint density at radius 3 is 2.70 bits per heavy atom. The molecule has 1 aromatic heterocycles. The number of rotatable bonds is 4. The topological polar surface area (TPSA) is 73.1 Å². The van der Waals surface area contributed by atoms with Gasteiger partial charge in [0, 0.05) is 29.9 Å². The molecule has 2 rings (SSSR count). The van der Waals surface area contributed by atoms with Crippen molar-refractivity contribution in [2.45, 2.75) is 6.42 Å². The largest absolute Gasteiger partial charge is 0.294 e. The number of hydrogen-bond donors (Lipinski definition) is 0. The van der Waals surface area contributed by atoms with E-state index < -0.39 is 10.7 Å². The van der Waals surface area contributed by atoms with Gasteiger partial charge in [-0.3, -0.25) is 19.9 Å². The number of pyridine rings is 1. The summed E-state index contributed by atoms with van der Waals surface area (Å²) in [6.07, 6.45) is 2.88. The second-order valence-electron chi connectivity index (χ2n) is 3.99. The first-order chi connectivity index (χ1) is 9.49. The molecular formula is C13H8Cl2N2O3. The van der Waals surface area contributed by atoms with Crippen molar-refractivity contribution >= 4 is 34.7 Å².